The minimum absolute atomic E-state index is 0.378. The Morgan fingerprint density at radius 3 is 2.76 bits per heavy atom. The van der Waals surface area contributed by atoms with Crippen molar-refractivity contribution in [2.24, 2.45) is 5.73 Å². The maximum Gasteiger partial charge on any atom is 0.106 e. The summed E-state index contributed by atoms with van der Waals surface area (Å²) in [5, 5.41) is 4.01. The van der Waals surface area contributed by atoms with Crippen LogP contribution in [0, 0.1) is 0 Å². The normalized spacial score (nSPS) is 10.2. The Hall–Kier alpha value is -0.800. The van der Waals surface area contributed by atoms with E-state index in [1.54, 1.807) is 6.07 Å². The standard InChI is InChI=1S/C13H19ClN2S/c1-2-3-4-5-8-16-12-7-6-10(14)9-11(12)13(15)17/h6-7,9,16H,2-5,8H2,1H3,(H2,15,17). The van der Waals surface area contributed by atoms with Gasteiger partial charge < -0.3 is 11.1 Å². The molecule has 0 atom stereocenters. The average molecular weight is 271 g/mol. The third kappa shape index (κ3) is 4.92. The number of thiocarbonyl (C=S) groups is 1. The minimum atomic E-state index is 0.378. The van der Waals surface area contributed by atoms with Crippen LogP contribution in [0.3, 0.4) is 0 Å². The summed E-state index contributed by atoms with van der Waals surface area (Å²) < 4.78 is 0. The molecule has 0 aliphatic heterocycles. The van der Waals surface area contributed by atoms with Gasteiger partial charge in [-0.05, 0) is 24.6 Å². The summed E-state index contributed by atoms with van der Waals surface area (Å²) in [5.74, 6) is 0. The molecule has 1 rings (SSSR count). The number of halogens is 1. The lowest BCUT2D eigenvalue weighted by atomic mass is 10.1. The van der Waals surface area contributed by atoms with Crippen molar-refractivity contribution in [2.75, 3.05) is 11.9 Å². The van der Waals surface area contributed by atoms with Gasteiger partial charge in [-0.3, -0.25) is 0 Å². The molecular formula is C13H19ClN2S. The highest BCUT2D eigenvalue weighted by atomic mass is 35.5. The molecule has 0 bridgehead atoms. The lowest BCUT2D eigenvalue weighted by molar-refractivity contribution is 0.685. The van der Waals surface area contributed by atoms with Gasteiger partial charge in [0, 0.05) is 22.8 Å². The topological polar surface area (TPSA) is 38.0 Å². The second-order valence-corrected chi connectivity index (χ2v) is 4.92. The van der Waals surface area contributed by atoms with Crippen LogP contribution in [0.25, 0.3) is 0 Å². The smallest absolute Gasteiger partial charge is 0.106 e. The fourth-order valence-electron chi connectivity index (χ4n) is 1.65. The van der Waals surface area contributed by atoms with Crippen molar-refractivity contribution in [3.05, 3.63) is 28.8 Å². The Morgan fingerprint density at radius 1 is 1.35 bits per heavy atom. The molecule has 2 nitrogen and oxygen atoms in total. The van der Waals surface area contributed by atoms with Crippen molar-refractivity contribution in [3.63, 3.8) is 0 Å². The Balaban J connectivity index is 2.55. The minimum Gasteiger partial charge on any atom is -0.389 e. The number of hydrogen-bond acceptors (Lipinski definition) is 2. The Kier molecular flexibility index (Phi) is 6.30. The highest BCUT2D eigenvalue weighted by Crippen LogP contribution is 2.20. The fourth-order valence-corrected chi connectivity index (χ4v) is 1.99. The third-order valence-corrected chi connectivity index (χ3v) is 3.05. The molecule has 0 amide bonds. The molecule has 4 heteroatoms. The van der Waals surface area contributed by atoms with Crippen LogP contribution in [0.15, 0.2) is 18.2 Å². The molecular weight excluding hydrogens is 252 g/mol. The van der Waals surface area contributed by atoms with Crippen molar-refractivity contribution in [2.45, 2.75) is 32.6 Å². The van der Waals surface area contributed by atoms with Crippen molar-refractivity contribution in [1.29, 1.82) is 0 Å². The van der Waals surface area contributed by atoms with Gasteiger partial charge in [0.15, 0.2) is 0 Å². The Morgan fingerprint density at radius 2 is 2.12 bits per heavy atom. The first-order valence-corrected chi connectivity index (χ1v) is 6.77. The predicted octanol–water partition coefficient (Wildman–Crippen LogP) is 3.97. The monoisotopic (exact) mass is 270 g/mol. The van der Waals surface area contributed by atoms with Crippen molar-refractivity contribution in [1.82, 2.24) is 0 Å². The van der Waals surface area contributed by atoms with Crippen LogP contribution in [0.1, 0.15) is 38.2 Å². The van der Waals surface area contributed by atoms with Crippen LogP contribution in [-0.2, 0) is 0 Å². The largest absolute Gasteiger partial charge is 0.389 e. The van der Waals surface area contributed by atoms with Crippen molar-refractivity contribution < 1.29 is 0 Å². The zero-order valence-electron chi connectivity index (χ0n) is 10.1. The van der Waals surface area contributed by atoms with Crippen molar-refractivity contribution >= 4 is 34.5 Å². The molecule has 1 aromatic rings. The van der Waals surface area contributed by atoms with Crippen LogP contribution in [0.4, 0.5) is 5.69 Å². The quantitative estimate of drug-likeness (QED) is 0.582. The molecule has 3 N–H and O–H groups in total. The van der Waals surface area contributed by atoms with Gasteiger partial charge in [-0.25, -0.2) is 0 Å². The predicted molar refractivity (Wildman–Crippen MR) is 80.0 cm³/mol. The summed E-state index contributed by atoms with van der Waals surface area (Å²) >= 11 is 10.9. The molecule has 0 radical (unpaired) electrons. The lowest BCUT2D eigenvalue weighted by Gasteiger charge is -2.11. The summed E-state index contributed by atoms with van der Waals surface area (Å²) in [7, 11) is 0. The van der Waals surface area contributed by atoms with E-state index >= 15 is 0 Å². The van der Waals surface area contributed by atoms with Crippen LogP contribution < -0.4 is 11.1 Å². The SMILES string of the molecule is CCCCCCNc1ccc(Cl)cc1C(N)=S. The summed E-state index contributed by atoms with van der Waals surface area (Å²) in [6.45, 7) is 3.15. The molecule has 0 heterocycles. The highest BCUT2D eigenvalue weighted by molar-refractivity contribution is 7.80. The first kappa shape index (κ1) is 14.3. The molecule has 0 aromatic heterocycles. The van der Waals surface area contributed by atoms with E-state index in [4.69, 9.17) is 29.6 Å². The van der Waals surface area contributed by atoms with Crippen LogP contribution in [-0.4, -0.2) is 11.5 Å². The second kappa shape index (κ2) is 7.51. The van der Waals surface area contributed by atoms with Crippen LogP contribution >= 0.6 is 23.8 Å². The number of nitrogens with two attached hydrogens (primary N) is 1. The molecule has 0 unspecified atom stereocenters. The fraction of sp³-hybridized carbons (Fsp3) is 0.462. The number of hydrogen-bond donors (Lipinski definition) is 2. The van der Waals surface area contributed by atoms with Crippen LogP contribution in [0.5, 0.6) is 0 Å². The Bertz CT molecular complexity index is 380. The van der Waals surface area contributed by atoms with E-state index < -0.39 is 0 Å². The molecule has 0 saturated heterocycles. The van der Waals surface area contributed by atoms with Gasteiger partial charge in [0.05, 0.1) is 0 Å². The van der Waals surface area contributed by atoms with E-state index in [-0.39, 0.29) is 0 Å². The van der Waals surface area contributed by atoms with Gasteiger partial charge >= 0.3 is 0 Å². The molecule has 0 spiro atoms. The van der Waals surface area contributed by atoms with E-state index in [1.807, 2.05) is 12.1 Å². The molecule has 1 aromatic carbocycles. The molecule has 0 aliphatic rings. The second-order valence-electron chi connectivity index (χ2n) is 4.04. The van der Waals surface area contributed by atoms with Crippen LogP contribution in [0.2, 0.25) is 5.02 Å². The third-order valence-electron chi connectivity index (χ3n) is 2.59. The molecule has 94 valence electrons. The molecule has 17 heavy (non-hydrogen) atoms. The van der Waals surface area contributed by atoms with E-state index in [9.17, 15) is 0 Å². The molecule has 0 saturated carbocycles. The van der Waals surface area contributed by atoms with E-state index in [2.05, 4.69) is 12.2 Å². The first-order chi connectivity index (χ1) is 8.15. The summed E-state index contributed by atoms with van der Waals surface area (Å²) in [6, 6.07) is 5.58. The highest BCUT2D eigenvalue weighted by Gasteiger charge is 2.05. The van der Waals surface area contributed by atoms with Crippen molar-refractivity contribution in [3.8, 4) is 0 Å². The maximum atomic E-state index is 5.92. The summed E-state index contributed by atoms with van der Waals surface area (Å²) in [4.78, 5) is 0.378. The number of unbranched alkanes of at least 4 members (excludes halogenated alkanes) is 3. The Labute approximate surface area is 114 Å². The van der Waals surface area contributed by atoms with E-state index in [0.717, 1.165) is 24.2 Å². The first-order valence-electron chi connectivity index (χ1n) is 5.98. The summed E-state index contributed by atoms with van der Waals surface area (Å²) in [6.07, 6.45) is 4.94. The number of nitrogens with one attached hydrogen (secondary N) is 1. The number of anilines is 1. The van der Waals surface area contributed by atoms with Gasteiger partial charge in [0.2, 0.25) is 0 Å². The lowest BCUT2D eigenvalue weighted by Crippen LogP contribution is -2.13. The van der Waals surface area contributed by atoms with E-state index in [1.165, 1.54) is 19.3 Å². The maximum absolute atomic E-state index is 5.92. The molecule has 0 fully saturated rings. The number of rotatable bonds is 7. The average Bonchev–Trinajstić information content (AvgIpc) is 2.30. The number of benzene rings is 1. The van der Waals surface area contributed by atoms with Gasteiger partial charge in [0.25, 0.3) is 0 Å². The zero-order chi connectivity index (χ0) is 12.7. The summed E-state index contributed by atoms with van der Waals surface area (Å²) in [5.41, 5.74) is 7.46. The molecule has 0 aliphatic carbocycles. The van der Waals surface area contributed by atoms with Gasteiger partial charge in [-0.15, -0.1) is 0 Å². The van der Waals surface area contributed by atoms with Gasteiger partial charge in [-0.1, -0.05) is 50.0 Å². The van der Waals surface area contributed by atoms with Gasteiger partial charge in [-0.2, -0.15) is 0 Å². The van der Waals surface area contributed by atoms with Gasteiger partial charge in [0.1, 0.15) is 4.99 Å². The van der Waals surface area contributed by atoms with E-state index in [0.29, 0.717) is 10.0 Å². The zero-order valence-corrected chi connectivity index (χ0v) is 11.7.